The number of hydrogen-bond acceptors (Lipinski definition) is 1. The van der Waals surface area contributed by atoms with Crippen molar-refractivity contribution < 1.29 is 15.0 Å². The molecule has 0 amide bonds. The molecule has 0 aromatic rings. The Morgan fingerprint density at radius 1 is 1.14 bits per heavy atom. The Morgan fingerprint density at radius 2 is 1.29 bits per heavy atom. The molecule has 0 bridgehead atoms. The third kappa shape index (κ3) is 7.43. The minimum absolute atomic E-state index is 1.18. The van der Waals surface area contributed by atoms with Gasteiger partial charge in [-0.15, -0.1) is 0 Å². The van der Waals surface area contributed by atoms with E-state index >= 15 is 0 Å². The first-order valence-corrected chi connectivity index (χ1v) is 13.2. The Bertz CT molecular complexity index is 137. The predicted octanol–water partition coefficient (Wildman–Crippen LogP) is 2.36. The van der Waals surface area contributed by atoms with Crippen LogP contribution in [0.15, 0.2) is 0 Å². The summed E-state index contributed by atoms with van der Waals surface area (Å²) in [6, 6.07) is 0. The molecule has 0 radical (unpaired) electrons. The van der Waals surface area contributed by atoms with Crippen LogP contribution in [0, 0.1) is 0 Å². The van der Waals surface area contributed by atoms with Gasteiger partial charge in [0.25, 0.3) is 0 Å². The summed E-state index contributed by atoms with van der Waals surface area (Å²) in [5.74, 6) is 0. The van der Waals surface area contributed by atoms with Crippen LogP contribution in [0.25, 0.3) is 0 Å². The fourth-order valence-electron chi connectivity index (χ4n) is 0. The Hall–Kier alpha value is 1.43. The molecular formula is CCl4OPt. The summed E-state index contributed by atoms with van der Waals surface area (Å²) in [5, 5.41) is 0. The van der Waals surface area contributed by atoms with E-state index in [-0.39, 0.29) is 0 Å². The fraction of sp³-hybridized carbons (Fsp3) is 0. The van der Waals surface area contributed by atoms with Crippen LogP contribution in [0.4, 0.5) is 0 Å². The molecule has 0 saturated heterocycles. The number of rotatable bonds is 0. The quantitative estimate of drug-likeness (QED) is 0.645. The summed E-state index contributed by atoms with van der Waals surface area (Å²) >= 11 is 0. The molecular weight excluding hydrogens is 365 g/mol. The van der Waals surface area contributed by atoms with Crippen LogP contribution in [0.1, 0.15) is 0 Å². The van der Waals surface area contributed by atoms with E-state index in [9.17, 15) is 4.79 Å². The van der Waals surface area contributed by atoms with Crippen LogP contribution in [-0.4, -0.2) is 4.27 Å². The summed E-state index contributed by atoms with van der Waals surface area (Å²) in [4.78, 5) is 9.58. The van der Waals surface area contributed by atoms with Gasteiger partial charge in [0.15, 0.2) is 0 Å². The molecule has 48 valence electrons. The molecule has 6 heteroatoms. The van der Waals surface area contributed by atoms with Crippen molar-refractivity contribution in [1.29, 1.82) is 0 Å². The molecule has 0 saturated carbocycles. The molecule has 0 aromatic heterocycles. The zero-order valence-corrected chi connectivity index (χ0v) is 8.03. The second-order valence-corrected chi connectivity index (χ2v) is 26.4. The fourth-order valence-corrected chi connectivity index (χ4v) is 0. The van der Waals surface area contributed by atoms with Crippen molar-refractivity contribution in [2.75, 3.05) is 0 Å². The van der Waals surface area contributed by atoms with Gasteiger partial charge < -0.3 is 0 Å². The first-order valence-electron chi connectivity index (χ1n) is 0.840. The van der Waals surface area contributed by atoms with E-state index in [1.807, 2.05) is 0 Å². The molecule has 0 spiro atoms. The minimum atomic E-state index is -4.52. The van der Waals surface area contributed by atoms with Crippen molar-refractivity contribution in [2.45, 2.75) is 0 Å². The summed E-state index contributed by atoms with van der Waals surface area (Å²) in [7, 11) is 15.6. The molecule has 1 nitrogen and oxygen atoms in total. The standard InChI is InChI=1S/CO.4ClH.Pt/c1-2;;;;;/h;4*1H;/q;;;;;+4/p-4. The SMILES string of the molecule is O=[C]=[Pt]([Cl])([Cl])([Cl])[Cl]. The normalized spacial score (nSPS) is 16.9. The molecule has 0 fully saturated rings. The van der Waals surface area contributed by atoms with Crippen LogP contribution in [0.2, 0.25) is 0 Å². The number of hydrogen-bond donors (Lipinski definition) is 0. The number of halogens is 4. The van der Waals surface area contributed by atoms with Gasteiger partial charge in [-0.25, -0.2) is 0 Å². The van der Waals surface area contributed by atoms with Gasteiger partial charge in [0.05, 0.1) is 0 Å². The summed E-state index contributed by atoms with van der Waals surface area (Å²) in [5.41, 5.74) is 0. The van der Waals surface area contributed by atoms with E-state index in [2.05, 4.69) is 0 Å². The predicted molar refractivity (Wildman–Crippen MR) is 29.1 cm³/mol. The van der Waals surface area contributed by atoms with Crippen molar-refractivity contribution in [3.8, 4) is 0 Å². The summed E-state index contributed by atoms with van der Waals surface area (Å²) in [6.45, 7) is 0. The third-order valence-corrected chi connectivity index (χ3v) is 2.40. The molecule has 0 aliphatic carbocycles. The first-order chi connectivity index (χ1) is 2.81. The van der Waals surface area contributed by atoms with Crippen LogP contribution in [0.5, 0.6) is 0 Å². The number of carbonyl (C=O) groups excluding carboxylic acids is 1. The van der Waals surface area contributed by atoms with Crippen LogP contribution < -0.4 is 0 Å². The Morgan fingerprint density at radius 3 is 1.29 bits per heavy atom. The van der Waals surface area contributed by atoms with Crippen LogP contribution >= 0.6 is 37.7 Å². The van der Waals surface area contributed by atoms with Crippen LogP contribution in [0.3, 0.4) is 0 Å². The Kier molecular flexibility index (Phi) is 2.39. The molecule has 0 aliphatic rings. The van der Waals surface area contributed by atoms with Gasteiger partial charge in [0.2, 0.25) is 0 Å². The maximum atomic E-state index is 9.58. The van der Waals surface area contributed by atoms with E-state index in [1.54, 1.807) is 0 Å². The monoisotopic (exact) mass is 363 g/mol. The first kappa shape index (κ1) is 8.43. The van der Waals surface area contributed by atoms with Gasteiger partial charge in [0.1, 0.15) is 0 Å². The van der Waals surface area contributed by atoms with E-state index < -0.39 is 10.2 Å². The van der Waals surface area contributed by atoms with Crippen molar-refractivity contribution in [1.82, 2.24) is 0 Å². The second-order valence-electron chi connectivity index (χ2n) is 0.575. The molecule has 7 heavy (non-hydrogen) atoms. The van der Waals surface area contributed by atoms with Gasteiger partial charge in [0, 0.05) is 0 Å². The van der Waals surface area contributed by atoms with E-state index in [0.717, 1.165) is 0 Å². The van der Waals surface area contributed by atoms with Crippen molar-refractivity contribution in [3.63, 3.8) is 0 Å². The van der Waals surface area contributed by atoms with E-state index in [1.165, 1.54) is 4.27 Å². The van der Waals surface area contributed by atoms with Gasteiger partial charge >= 0.3 is 56.9 Å². The molecule has 0 unspecified atom stereocenters. The Labute approximate surface area is 56.5 Å². The average Bonchev–Trinajstić information content (AvgIpc) is 1.32. The zero-order chi connectivity index (χ0) is 6.15. The van der Waals surface area contributed by atoms with Gasteiger partial charge in [-0.2, -0.15) is 0 Å². The molecule has 0 rings (SSSR count). The zero-order valence-electron chi connectivity index (χ0n) is 2.74. The van der Waals surface area contributed by atoms with Gasteiger partial charge in [-0.3, -0.25) is 0 Å². The second kappa shape index (κ2) is 1.99. The van der Waals surface area contributed by atoms with Crippen molar-refractivity contribution in [2.24, 2.45) is 0 Å². The third-order valence-electron chi connectivity index (χ3n) is 0.0976. The molecule has 0 atom stereocenters. The molecule has 0 heterocycles. The Balaban J connectivity index is 4.86. The van der Waals surface area contributed by atoms with Gasteiger partial charge in [-0.05, 0) is 0 Å². The van der Waals surface area contributed by atoms with Crippen molar-refractivity contribution >= 4 is 41.9 Å². The maximum absolute atomic E-state index is 9.58. The molecule has 0 aromatic carbocycles. The molecule has 0 N–H and O–H groups in total. The summed E-state index contributed by atoms with van der Waals surface area (Å²) < 4.78 is 1.18. The summed E-state index contributed by atoms with van der Waals surface area (Å²) in [6.07, 6.45) is 0. The van der Waals surface area contributed by atoms with E-state index in [0.29, 0.717) is 0 Å². The average molecular weight is 365 g/mol. The topological polar surface area (TPSA) is 17.1 Å². The van der Waals surface area contributed by atoms with Crippen molar-refractivity contribution in [3.05, 3.63) is 0 Å². The van der Waals surface area contributed by atoms with E-state index in [4.69, 9.17) is 37.7 Å². The molecule has 0 aliphatic heterocycles. The van der Waals surface area contributed by atoms with Crippen LogP contribution in [-0.2, 0) is 15.0 Å². The van der Waals surface area contributed by atoms with Gasteiger partial charge in [-0.1, -0.05) is 0 Å².